The topological polar surface area (TPSA) is 68.8 Å². The maximum Gasteiger partial charge on any atom is 0.0781 e. The van der Waals surface area contributed by atoms with Gasteiger partial charge in [0.2, 0.25) is 0 Å². The Morgan fingerprint density at radius 1 is 1.65 bits per heavy atom. The van der Waals surface area contributed by atoms with Gasteiger partial charge in [-0.1, -0.05) is 18.6 Å². The Balaban J connectivity index is 2.12. The molecule has 0 saturated carbocycles. The smallest absolute Gasteiger partial charge is 0.0781 e. The molecule has 1 saturated heterocycles. The van der Waals surface area contributed by atoms with Crippen molar-refractivity contribution in [3.8, 4) is 0 Å². The third-order valence-electron chi connectivity index (χ3n) is 3.17. The molecule has 0 spiro atoms. The first-order valence-corrected chi connectivity index (χ1v) is 7.37. The van der Waals surface area contributed by atoms with Gasteiger partial charge in [0.15, 0.2) is 0 Å². The number of nitrogens with zero attached hydrogens (tertiary/aromatic N) is 3. The summed E-state index contributed by atoms with van der Waals surface area (Å²) in [7, 11) is 0. The maximum absolute atomic E-state index is 5.73. The van der Waals surface area contributed by atoms with Crippen LogP contribution in [0.3, 0.4) is 0 Å². The molecular formula is C11H21N5S. The molecule has 0 radical (unpaired) electrons. The number of hydrazine groups is 1. The Morgan fingerprint density at radius 2 is 2.53 bits per heavy atom. The number of aryl methyl sites for hydroxylation is 1. The van der Waals surface area contributed by atoms with Crippen molar-refractivity contribution >= 4 is 11.8 Å². The lowest BCUT2D eigenvalue weighted by Crippen LogP contribution is -2.37. The van der Waals surface area contributed by atoms with Gasteiger partial charge in [-0.15, -0.1) is 5.10 Å². The molecule has 1 aromatic heterocycles. The van der Waals surface area contributed by atoms with Crippen molar-refractivity contribution in [1.82, 2.24) is 20.4 Å². The van der Waals surface area contributed by atoms with Gasteiger partial charge >= 0.3 is 0 Å². The monoisotopic (exact) mass is 255 g/mol. The van der Waals surface area contributed by atoms with Gasteiger partial charge in [0.05, 0.1) is 17.9 Å². The van der Waals surface area contributed by atoms with Crippen molar-refractivity contribution in [1.29, 1.82) is 0 Å². The van der Waals surface area contributed by atoms with E-state index in [4.69, 9.17) is 5.84 Å². The van der Waals surface area contributed by atoms with Crippen LogP contribution in [-0.4, -0.2) is 26.0 Å². The average Bonchev–Trinajstić information content (AvgIpc) is 2.81. The first kappa shape index (κ1) is 12.9. The first-order chi connectivity index (χ1) is 8.36. The van der Waals surface area contributed by atoms with Crippen molar-refractivity contribution < 1.29 is 0 Å². The van der Waals surface area contributed by atoms with Gasteiger partial charge in [-0.3, -0.25) is 11.3 Å². The van der Waals surface area contributed by atoms with Crippen LogP contribution in [0.15, 0.2) is 6.20 Å². The highest BCUT2D eigenvalue weighted by Crippen LogP contribution is 2.34. The molecule has 0 bridgehead atoms. The molecule has 2 atom stereocenters. The predicted molar refractivity (Wildman–Crippen MR) is 70.5 cm³/mol. The third-order valence-corrected chi connectivity index (χ3v) is 4.63. The quantitative estimate of drug-likeness (QED) is 0.616. The van der Waals surface area contributed by atoms with Gasteiger partial charge in [-0.2, -0.15) is 11.8 Å². The second-order valence-electron chi connectivity index (χ2n) is 4.43. The van der Waals surface area contributed by atoms with E-state index in [9.17, 15) is 0 Å². The Hall–Kier alpha value is -0.590. The van der Waals surface area contributed by atoms with E-state index >= 15 is 0 Å². The Kier molecular flexibility index (Phi) is 4.82. The predicted octanol–water partition coefficient (Wildman–Crippen LogP) is 1.48. The largest absolute Gasteiger partial charge is 0.271 e. The molecule has 1 aliphatic heterocycles. The zero-order valence-electron chi connectivity index (χ0n) is 10.3. The maximum atomic E-state index is 5.73. The molecule has 2 heterocycles. The highest BCUT2D eigenvalue weighted by atomic mass is 32.2. The lowest BCUT2D eigenvalue weighted by atomic mass is 10.1. The van der Waals surface area contributed by atoms with E-state index < -0.39 is 0 Å². The number of nitrogens with two attached hydrogens (primary N) is 1. The van der Waals surface area contributed by atoms with Crippen molar-refractivity contribution in [2.24, 2.45) is 5.84 Å². The minimum Gasteiger partial charge on any atom is -0.271 e. The minimum absolute atomic E-state index is 0.168. The summed E-state index contributed by atoms with van der Waals surface area (Å²) in [5, 5.41) is 8.69. The van der Waals surface area contributed by atoms with Gasteiger partial charge in [0.25, 0.3) is 0 Å². The Bertz CT molecular complexity index is 334. The van der Waals surface area contributed by atoms with Crippen molar-refractivity contribution in [2.75, 3.05) is 5.75 Å². The van der Waals surface area contributed by atoms with E-state index in [1.54, 1.807) is 0 Å². The fourth-order valence-electron chi connectivity index (χ4n) is 2.30. The second-order valence-corrected chi connectivity index (χ2v) is 5.78. The summed E-state index contributed by atoms with van der Waals surface area (Å²) < 4.78 is 1.97. The zero-order valence-corrected chi connectivity index (χ0v) is 11.1. The lowest BCUT2D eigenvalue weighted by Gasteiger charge is -2.29. The van der Waals surface area contributed by atoms with Crippen molar-refractivity contribution in [3.63, 3.8) is 0 Å². The number of hydrogen-bond acceptors (Lipinski definition) is 5. The minimum atomic E-state index is 0.168. The highest BCUT2D eigenvalue weighted by Gasteiger charge is 2.27. The van der Waals surface area contributed by atoms with Crippen LogP contribution in [0.25, 0.3) is 0 Å². The summed E-state index contributed by atoms with van der Waals surface area (Å²) in [4.78, 5) is 0. The fraction of sp³-hybridized carbons (Fsp3) is 0.818. The molecule has 6 heteroatoms. The molecule has 0 aromatic carbocycles. The van der Waals surface area contributed by atoms with Gasteiger partial charge in [0.1, 0.15) is 0 Å². The van der Waals surface area contributed by atoms with Crippen LogP contribution in [0.4, 0.5) is 0 Å². The first-order valence-electron chi connectivity index (χ1n) is 6.33. The standard InChI is InChI=1S/C11H21N5S/c1-2-6-16-9(8-13-15-16)11(14-12)10-5-3-4-7-17-10/h8,10-11,14H,2-7,12H2,1H3. The van der Waals surface area contributed by atoms with Crippen LogP contribution in [0.1, 0.15) is 44.3 Å². The van der Waals surface area contributed by atoms with Crippen molar-refractivity contribution in [2.45, 2.75) is 50.4 Å². The van der Waals surface area contributed by atoms with Crippen LogP contribution in [0, 0.1) is 0 Å². The van der Waals surface area contributed by atoms with Gasteiger partial charge in [-0.05, 0) is 25.0 Å². The number of nitrogens with one attached hydrogen (secondary N) is 1. The van der Waals surface area contributed by atoms with E-state index in [1.165, 1.54) is 25.0 Å². The van der Waals surface area contributed by atoms with Gasteiger partial charge in [0, 0.05) is 11.8 Å². The summed E-state index contributed by atoms with van der Waals surface area (Å²) in [5.41, 5.74) is 4.07. The molecule has 5 nitrogen and oxygen atoms in total. The Morgan fingerprint density at radius 3 is 3.18 bits per heavy atom. The van der Waals surface area contributed by atoms with Crippen LogP contribution >= 0.6 is 11.8 Å². The molecule has 3 N–H and O–H groups in total. The van der Waals surface area contributed by atoms with E-state index in [-0.39, 0.29) is 6.04 Å². The molecule has 17 heavy (non-hydrogen) atoms. The molecule has 2 unspecified atom stereocenters. The third kappa shape index (κ3) is 3.00. The average molecular weight is 255 g/mol. The molecule has 2 rings (SSSR count). The number of thioether (sulfide) groups is 1. The lowest BCUT2D eigenvalue weighted by molar-refractivity contribution is 0.443. The Labute approximate surface area is 106 Å². The highest BCUT2D eigenvalue weighted by molar-refractivity contribution is 8.00. The molecule has 1 fully saturated rings. The van der Waals surface area contributed by atoms with E-state index in [2.05, 4.69) is 22.7 Å². The summed E-state index contributed by atoms with van der Waals surface area (Å²) >= 11 is 2.01. The molecule has 0 aliphatic carbocycles. The van der Waals surface area contributed by atoms with Gasteiger partial charge < -0.3 is 0 Å². The van der Waals surface area contributed by atoms with E-state index in [0.717, 1.165) is 18.7 Å². The number of hydrogen-bond donors (Lipinski definition) is 2. The summed E-state index contributed by atoms with van der Waals surface area (Å²) in [5.74, 6) is 6.96. The second kappa shape index (κ2) is 6.37. The van der Waals surface area contributed by atoms with Crippen LogP contribution < -0.4 is 11.3 Å². The van der Waals surface area contributed by atoms with Crippen molar-refractivity contribution in [3.05, 3.63) is 11.9 Å². The molecular weight excluding hydrogens is 234 g/mol. The number of rotatable bonds is 5. The molecule has 96 valence electrons. The normalized spacial score (nSPS) is 22.6. The van der Waals surface area contributed by atoms with Crippen LogP contribution in [0.2, 0.25) is 0 Å². The summed E-state index contributed by atoms with van der Waals surface area (Å²) in [6.07, 6.45) is 6.74. The summed E-state index contributed by atoms with van der Waals surface area (Å²) in [6.45, 7) is 3.05. The molecule has 1 aliphatic rings. The van der Waals surface area contributed by atoms with E-state index in [0.29, 0.717) is 5.25 Å². The number of aromatic nitrogens is 3. The zero-order chi connectivity index (χ0) is 12.1. The fourth-order valence-corrected chi connectivity index (χ4v) is 3.72. The molecule has 1 aromatic rings. The van der Waals surface area contributed by atoms with E-state index in [1.807, 2.05) is 22.6 Å². The van der Waals surface area contributed by atoms with Crippen LogP contribution in [-0.2, 0) is 6.54 Å². The van der Waals surface area contributed by atoms with Crippen LogP contribution in [0.5, 0.6) is 0 Å². The SMILES string of the molecule is CCCn1nncc1C(NN)C1CCCCS1. The molecule has 0 amide bonds. The van der Waals surface area contributed by atoms with Gasteiger partial charge in [-0.25, -0.2) is 4.68 Å². The summed E-state index contributed by atoms with van der Waals surface area (Å²) in [6, 6.07) is 0.168.